The van der Waals surface area contributed by atoms with E-state index in [2.05, 4.69) is 26.0 Å². The summed E-state index contributed by atoms with van der Waals surface area (Å²) in [4.78, 5) is 29.7. The highest BCUT2D eigenvalue weighted by atomic mass is 79.9. The van der Waals surface area contributed by atoms with Gasteiger partial charge in [-0.1, -0.05) is 15.9 Å². The molecule has 0 aliphatic heterocycles. The van der Waals surface area contributed by atoms with Gasteiger partial charge in [0.15, 0.2) is 0 Å². The van der Waals surface area contributed by atoms with Crippen molar-refractivity contribution in [2.75, 3.05) is 30.9 Å². The van der Waals surface area contributed by atoms with Crippen LogP contribution in [0.2, 0.25) is 0 Å². The monoisotopic (exact) mass is 317 g/mol. The van der Waals surface area contributed by atoms with Gasteiger partial charge in [0, 0.05) is 26.0 Å². The summed E-state index contributed by atoms with van der Waals surface area (Å²) < 4.78 is 1.14. The van der Waals surface area contributed by atoms with Crippen molar-refractivity contribution < 1.29 is 9.59 Å². The number of nitrogens with zero attached hydrogens (tertiary/aromatic N) is 5. The number of aromatic nitrogens is 3. The molecule has 8 heteroatoms. The molecule has 0 radical (unpaired) electrons. The van der Waals surface area contributed by atoms with Gasteiger partial charge in [-0.25, -0.2) is 4.79 Å². The third-order valence-corrected chi connectivity index (χ3v) is 2.87. The molecule has 0 saturated carbocycles. The minimum Gasteiger partial charge on any atom is -0.326 e. The average Bonchev–Trinajstić information content (AvgIpc) is 2.76. The highest BCUT2D eigenvalue weighted by Gasteiger charge is 2.20. The minimum atomic E-state index is -0.305. The van der Waals surface area contributed by atoms with Gasteiger partial charge in [0.1, 0.15) is 5.82 Å². The largest absolute Gasteiger partial charge is 0.347 e. The van der Waals surface area contributed by atoms with E-state index < -0.39 is 0 Å². The van der Waals surface area contributed by atoms with Crippen LogP contribution in [0.3, 0.4) is 0 Å². The standard InChI is InChI=1S/C10H16BrN5O2/c1-8-12-9(15(3)7-17)16(13-8)10(18)14(2)6-4-5-11/h7H,4-6H2,1-3H3. The lowest BCUT2D eigenvalue weighted by Gasteiger charge is -2.18. The van der Waals surface area contributed by atoms with Crippen LogP contribution in [-0.2, 0) is 4.79 Å². The molecule has 1 heterocycles. The SMILES string of the molecule is Cc1nc(N(C)C=O)n(C(=O)N(C)CCCBr)n1. The molecule has 7 nitrogen and oxygen atoms in total. The number of hydrogen-bond donors (Lipinski definition) is 0. The van der Waals surface area contributed by atoms with Crippen LogP contribution in [0.4, 0.5) is 10.7 Å². The van der Waals surface area contributed by atoms with E-state index in [0.717, 1.165) is 16.4 Å². The third-order valence-electron chi connectivity index (χ3n) is 2.30. The second-order valence-corrected chi connectivity index (χ2v) is 4.63. The van der Waals surface area contributed by atoms with Crippen molar-refractivity contribution in [3.05, 3.63) is 5.82 Å². The Balaban J connectivity index is 2.94. The molecule has 0 aliphatic rings. The molecule has 0 bridgehead atoms. The molecule has 0 aromatic carbocycles. The van der Waals surface area contributed by atoms with Crippen LogP contribution in [0.25, 0.3) is 0 Å². The second kappa shape index (κ2) is 6.48. The number of amides is 2. The summed E-state index contributed by atoms with van der Waals surface area (Å²) in [6.45, 7) is 2.28. The second-order valence-electron chi connectivity index (χ2n) is 3.83. The summed E-state index contributed by atoms with van der Waals surface area (Å²) in [5.74, 6) is 0.666. The summed E-state index contributed by atoms with van der Waals surface area (Å²) in [6, 6.07) is -0.305. The number of carbonyl (C=O) groups excluding carboxylic acids is 2. The lowest BCUT2D eigenvalue weighted by molar-refractivity contribution is -0.107. The molecule has 1 aromatic heterocycles. The van der Waals surface area contributed by atoms with E-state index >= 15 is 0 Å². The third kappa shape index (κ3) is 3.28. The molecule has 100 valence electrons. The van der Waals surface area contributed by atoms with Gasteiger partial charge in [0.25, 0.3) is 0 Å². The van der Waals surface area contributed by atoms with Crippen molar-refractivity contribution in [2.24, 2.45) is 0 Å². The smallest absolute Gasteiger partial charge is 0.326 e. The van der Waals surface area contributed by atoms with Crippen molar-refractivity contribution in [3.63, 3.8) is 0 Å². The maximum absolute atomic E-state index is 12.1. The molecule has 1 rings (SSSR count). The van der Waals surface area contributed by atoms with Crippen LogP contribution in [0, 0.1) is 6.92 Å². The van der Waals surface area contributed by atoms with Crippen LogP contribution in [0.1, 0.15) is 12.2 Å². The molecular formula is C10H16BrN5O2. The Labute approximate surface area is 114 Å². The number of halogens is 1. The first-order valence-corrected chi connectivity index (χ1v) is 6.56. The number of carbonyl (C=O) groups is 2. The van der Waals surface area contributed by atoms with Crippen molar-refractivity contribution in [3.8, 4) is 0 Å². The van der Waals surface area contributed by atoms with Crippen molar-refractivity contribution in [1.29, 1.82) is 0 Å². The predicted octanol–water partition coefficient (Wildman–Crippen LogP) is 0.864. The van der Waals surface area contributed by atoms with Crippen LogP contribution < -0.4 is 4.90 Å². The van der Waals surface area contributed by atoms with Gasteiger partial charge < -0.3 is 4.90 Å². The zero-order valence-corrected chi connectivity index (χ0v) is 12.2. The lowest BCUT2D eigenvalue weighted by atomic mass is 10.4. The molecular weight excluding hydrogens is 302 g/mol. The highest BCUT2D eigenvalue weighted by molar-refractivity contribution is 9.09. The number of alkyl halides is 1. The number of hydrogen-bond acceptors (Lipinski definition) is 4. The summed E-state index contributed by atoms with van der Waals surface area (Å²) in [7, 11) is 3.21. The molecule has 0 fully saturated rings. The van der Waals surface area contributed by atoms with Gasteiger partial charge in [-0.15, -0.1) is 9.78 Å². The Bertz CT molecular complexity index is 434. The topological polar surface area (TPSA) is 71.3 Å². The molecule has 0 spiro atoms. The fourth-order valence-electron chi connectivity index (χ4n) is 1.36. The lowest BCUT2D eigenvalue weighted by Crippen LogP contribution is -2.35. The van der Waals surface area contributed by atoms with E-state index in [1.165, 1.54) is 16.8 Å². The van der Waals surface area contributed by atoms with Crippen LogP contribution in [0.15, 0.2) is 0 Å². The first kappa shape index (κ1) is 14.6. The van der Waals surface area contributed by atoms with Crippen LogP contribution in [-0.4, -0.2) is 58.1 Å². The van der Waals surface area contributed by atoms with Gasteiger partial charge in [0.05, 0.1) is 0 Å². The highest BCUT2D eigenvalue weighted by Crippen LogP contribution is 2.09. The van der Waals surface area contributed by atoms with Gasteiger partial charge >= 0.3 is 6.03 Å². The first-order chi connectivity index (χ1) is 8.51. The minimum absolute atomic E-state index is 0.221. The van der Waals surface area contributed by atoms with Gasteiger partial charge in [-0.2, -0.15) is 4.98 Å². The Morgan fingerprint density at radius 2 is 2.17 bits per heavy atom. The average molecular weight is 318 g/mol. The maximum Gasteiger partial charge on any atom is 0.347 e. The van der Waals surface area contributed by atoms with Gasteiger partial charge in [-0.05, 0) is 13.3 Å². The number of rotatable bonds is 5. The zero-order valence-electron chi connectivity index (χ0n) is 10.6. The summed E-state index contributed by atoms with van der Waals surface area (Å²) >= 11 is 3.31. The van der Waals surface area contributed by atoms with Crippen LogP contribution >= 0.6 is 15.9 Å². The van der Waals surface area contributed by atoms with Crippen molar-refractivity contribution in [1.82, 2.24) is 19.7 Å². The predicted molar refractivity (Wildman–Crippen MR) is 71.1 cm³/mol. The van der Waals surface area contributed by atoms with E-state index in [4.69, 9.17) is 0 Å². The van der Waals surface area contributed by atoms with E-state index in [1.807, 2.05) is 0 Å². The Morgan fingerprint density at radius 3 is 2.72 bits per heavy atom. The van der Waals surface area contributed by atoms with Gasteiger partial charge in [0.2, 0.25) is 12.4 Å². The molecule has 18 heavy (non-hydrogen) atoms. The molecule has 2 amide bonds. The number of aryl methyl sites for hydroxylation is 1. The quantitative estimate of drug-likeness (QED) is 0.596. The first-order valence-electron chi connectivity index (χ1n) is 5.44. The Morgan fingerprint density at radius 1 is 1.50 bits per heavy atom. The molecule has 0 saturated heterocycles. The number of anilines is 1. The fourth-order valence-corrected chi connectivity index (χ4v) is 1.61. The van der Waals surface area contributed by atoms with E-state index in [1.54, 1.807) is 14.0 Å². The molecule has 0 N–H and O–H groups in total. The fraction of sp³-hybridized carbons (Fsp3) is 0.600. The summed E-state index contributed by atoms with van der Waals surface area (Å²) in [5.41, 5.74) is 0. The molecule has 1 aromatic rings. The summed E-state index contributed by atoms with van der Waals surface area (Å²) in [6.07, 6.45) is 1.43. The maximum atomic E-state index is 12.1. The molecule has 0 atom stereocenters. The van der Waals surface area contributed by atoms with Crippen molar-refractivity contribution in [2.45, 2.75) is 13.3 Å². The summed E-state index contributed by atoms with van der Waals surface area (Å²) in [5, 5.41) is 4.83. The van der Waals surface area contributed by atoms with E-state index in [-0.39, 0.29) is 12.0 Å². The Kier molecular flexibility index (Phi) is 5.26. The Hall–Kier alpha value is -1.44. The van der Waals surface area contributed by atoms with E-state index in [9.17, 15) is 9.59 Å². The molecule has 0 unspecified atom stereocenters. The normalized spacial score (nSPS) is 10.2. The van der Waals surface area contributed by atoms with Gasteiger partial charge in [-0.3, -0.25) is 9.69 Å². The van der Waals surface area contributed by atoms with Crippen LogP contribution in [0.5, 0.6) is 0 Å². The van der Waals surface area contributed by atoms with Crippen molar-refractivity contribution >= 4 is 34.3 Å². The van der Waals surface area contributed by atoms with E-state index in [0.29, 0.717) is 18.8 Å². The zero-order chi connectivity index (χ0) is 13.7. The molecule has 0 aliphatic carbocycles.